The van der Waals surface area contributed by atoms with Gasteiger partial charge >= 0.3 is 5.97 Å². The summed E-state index contributed by atoms with van der Waals surface area (Å²) in [5.74, 6) is 2.14. The predicted molar refractivity (Wildman–Crippen MR) is 148 cm³/mol. The summed E-state index contributed by atoms with van der Waals surface area (Å²) in [6, 6.07) is 16.6. The fourth-order valence-corrected chi connectivity index (χ4v) is 5.02. The summed E-state index contributed by atoms with van der Waals surface area (Å²) in [5.41, 5.74) is 3.62. The summed E-state index contributed by atoms with van der Waals surface area (Å²) < 4.78 is 22.5. The first-order chi connectivity index (χ1) is 19.0. The lowest BCUT2D eigenvalue weighted by atomic mass is 9.93. The number of halogens is 1. The van der Waals surface area contributed by atoms with Crippen molar-refractivity contribution in [3.63, 3.8) is 0 Å². The average Bonchev–Trinajstić information content (AvgIpc) is 3.79. The number of esters is 1. The smallest absolute Gasteiger partial charge is 0.313 e. The molecule has 5 rings (SSSR count). The summed E-state index contributed by atoms with van der Waals surface area (Å²) >= 11 is 6.49. The number of nitrogens with one attached hydrogen (secondary N) is 1. The van der Waals surface area contributed by atoms with Gasteiger partial charge in [0.2, 0.25) is 0 Å². The highest BCUT2D eigenvalue weighted by Crippen LogP contribution is 2.43. The van der Waals surface area contributed by atoms with Crippen LogP contribution in [0.15, 0.2) is 54.6 Å². The van der Waals surface area contributed by atoms with Gasteiger partial charge in [-0.15, -0.1) is 0 Å². The van der Waals surface area contributed by atoms with Crippen molar-refractivity contribution in [3.8, 4) is 23.0 Å². The van der Waals surface area contributed by atoms with E-state index in [1.165, 1.54) is 18.4 Å². The monoisotopic (exact) mass is 549 g/mol. The maximum Gasteiger partial charge on any atom is 0.313 e. The number of hydrogen-bond donors (Lipinski definition) is 1. The molecule has 1 amide bonds. The first-order valence-electron chi connectivity index (χ1n) is 13.3. The van der Waals surface area contributed by atoms with Crippen molar-refractivity contribution < 1.29 is 28.5 Å². The number of ether oxygens (including phenoxy) is 4. The fraction of sp³-hybridized carbons (Fsp3) is 0.355. The van der Waals surface area contributed by atoms with Crippen molar-refractivity contribution in [1.29, 1.82) is 0 Å². The third kappa shape index (κ3) is 6.31. The zero-order chi connectivity index (χ0) is 27.4. The molecule has 1 aliphatic heterocycles. The van der Waals surface area contributed by atoms with Gasteiger partial charge in [0.25, 0.3) is 5.91 Å². The van der Waals surface area contributed by atoms with Gasteiger partial charge in [-0.1, -0.05) is 23.7 Å². The van der Waals surface area contributed by atoms with E-state index in [1.807, 2.05) is 0 Å². The Hall–Kier alpha value is -3.71. The molecular weight excluding hydrogens is 518 g/mol. The van der Waals surface area contributed by atoms with Crippen LogP contribution in [0.3, 0.4) is 0 Å². The predicted octanol–water partition coefficient (Wildman–Crippen LogP) is 6.42. The van der Waals surface area contributed by atoms with Crippen LogP contribution < -0.4 is 19.5 Å². The maximum atomic E-state index is 12.7. The van der Waals surface area contributed by atoms with Crippen molar-refractivity contribution in [2.75, 3.05) is 26.9 Å². The molecule has 0 radical (unpaired) electrons. The summed E-state index contributed by atoms with van der Waals surface area (Å²) in [6.07, 6.45) is 3.70. The maximum absolute atomic E-state index is 12.7. The van der Waals surface area contributed by atoms with Crippen molar-refractivity contribution in [3.05, 3.63) is 81.9 Å². The molecule has 1 atom stereocenters. The number of hydrogen-bond acceptors (Lipinski definition) is 6. The molecule has 1 unspecified atom stereocenters. The van der Waals surface area contributed by atoms with Crippen molar-refractivity contribution in [2.24, 2.45) is 0 Å². The van der Waals surface area contributed by atoms with Gasteiger partial charge in [0.05, 0.1) is 31.3 Å². The Morgan fingerprint density at radius 2 is 1.82 bits per heavy atom. The molecule has 0 bridgehead atoms. The molecule has 3 aromatic carbocycles. The first kappa shape index (κ1) is 26.9. The third-order valence-corrected chi connectivity index (χ3v) is 7.35. The Balaban J connectivity index is 1.18. The van der Waals surface area contributed by atoms with Crippen molar-refractivity contribution in [2.45, 2.75) is 44.4 Å². The van der Waals surface area contributed by atoms with Crippen LogP contribution in [0.1, 0.15) is 65.1 Å². The van der Waals surface area contributed by atoms with Gasteiger partial charge in [0.15, 0.2) is 0 Å². The molecule has 1 N–H and O–H groups in total. The molecule has 0 spiro atoms. The molecule has 3 aromatic rings. The molecule has 0 aromatic heterocycles. The second kappa shape index (κ2) is 12.0. The van der Waals surface area contributed by atoms with Gasteiger partial charge < -0.3 is 24.3 Å². The van der Waals surface area contributed by atoms with Crippen LogP contribution in [0.4, 0.5) is 0 Å². The lowest BCUT2D eigenvalue weighted by molar-refractivity contribution is -0.145. The van der Waals surface area contributed by atoms with E-state index < -0.39 is 5.92 Å². The van der Waals surface area contributed by atoms with Gasteiger partial charge in [-0.05, 0) is 86.1 Å². The lowest BCUT2D eigenvalue weighted by Crippen LogP contribution is -2.25. The Kier molecular flexibility index (Phi) is 8.27. The van der Waals surface area contributed by atoms with Crippen LogP contribution in [0.2, 0.25) is 5.02 Å². The number of fused-ring (bicyclic) bond motifs is 1. The van der Waals surface area contributed by atoms with Gasteiger partial charge in [-0.25, -0.2) is 0 Å². The van der Waals surface area contributed by atoms with Crippen LogP contribution >= 0.6 is 11.6 Å². The Labute approximate surface area is 233 Å². The Morgan fingerprint density at radius 3 is 2.54 bits per heavy atom. The van der Waals surface area contributed by atoms with E-state index in [2.05, 4.69) is 23.5 Å². The van der Waals surface area contributed by atoms with Gasteiger partial charge in [0, 0.05) is 23.7 Å². The van der Waals surface area contributed by atoms with E-state index in [0.29, 0.717) is 71.9 Å². The lowest BCUT2D eigenvalue weighted by Gasteiger charge is -2.25. The molecular formula is C31H32ClNO6. The van der Waals surface area contributed by atoms with E-state index in [9.17, 15) is 9.59 Å². The highest BCUT2D eigenvalue weighted by Gasteiger charge is 2.30. The highest BCUT2D eigenvalue weighted by atomic mass is 35.5. The second-order valence-corrected chi connectivity index (χ2v) is 10.1. The molecule has 1 aliphatic carbocycles. The van der Waals surface area contributed by atoms with Crippen LogP contribution in [0.5, 0.6) is 23.0 Å². The summed E-state index contributed by atoms with van der Waals surface area (Å²) in [4.78, 5) is 25.0. The number of methoxy groups -OCH3 is 1. The minimum absolute atomic E-state index is 0.166. The number of amides is 1. The van der Waals surface area contributed by atoms with E-state index in [-0.39, 0.29) is 11.9 Å². The standard InChI is InChI=1S/C31H32ClNO6/c1-3-37-31(35)24-13-15-38-28-18-29(26(32)17-25(24)28)39-23-10-8-21(9-11-23)30(34)33-14-12-20-6-7-22(19-4-5-19)16-27(20)36-2/h6-11,16-19,24H,3-5,12-15H2,1-2H3,(H,33,34). The van der Waals surface area contributed by atoms with Crippen molar-refractivity contribution >= 4 is 23.5 Å². The molecule has 2 aliphatic rings. The van der Waals surface area contributed by atoms with Crippen molar-refractivity contribution in [1.82, 2.24) is 5.32 Å². The van der Waals surface area contributed by atoms with E-state index in [4.69, 9.17) is 30.5 Å². The zero-order valence-corrected chi connectivity index (χ0v) is 22.9. The topological polar surface area (TPSA) is 83.1 Å². The fourth-order valence-electron chi connectivity index (χ4n) is 4.81. The molecule has 8 heteroatoms. The second-order valence-electron chi connectivity index (χ2n) is 9.74. The quantitative estimate of drug-likeness (QED) is 0.294. The molecule has 0 saturated heterocycles. The molecule has 39 heavy (non-hydrogen) atoms. The normalized spacial score (nSPS) is 16.0. The van der Waals surface area contributed by atoms with Gasteiger partial charge in [-0.2, -0.15) is 0 Å². The molecule has 1 fully saturated rings. The highest BCUT2D eigenvalue weighted by molar-refractivity contribution is 6.32. The van der Waals surface area contributed by atoms with Gasteiger partial charge in [-0.3, -0.25) is 9.59 Å². The zero-order valence-electron chi connectivity index (χ0n) is 22.1. The van der Waals surface area contributed by atoms with Crippen LogP contribution in [0, 0.1) is 0 Å². The number of carbonyl (C=O) groups excluding carboxylic acids is 2. The van der Waals surface area contributed by atoms with Gasteiger partial charge in [0.1, 0.15) is 23.0 Å². The van der Waals surface area contributed by atoms with E-state index in [1.54, 1.807) is 50.4 Å². The molecule has 1 heterocycles. The average molecular weight is 550 g/mol. The van der Waals surface area contributed by atoms with Crippen LogP contribution in [-0.4, -0.2) is 38.7 Å². The van der Waals surface area contributed by atoms with E-state index in [0.717, 1.165) is 11.3 Å². The number of carbonyl (C=O) groups is 2. The SMILES string of the molecule is CCOC(=O)C1CCOc2cc(Oc3ccc(C(=O)NCCc4ccc(C5CC5)cc4OC)cc3)c(Cl)cc21. The first-order valence-corrected chi connectivity index (χ1v) is 13.7. The molecule has 1 saturated carbocycles. The molecule has 7 nitrogen and oxygen atoms in total. The Bertz CT molecular complexity index is 1350. The summed E-state index contributed by atoms with van der Waals surface area (Å²) in [6.45, 7) is 2.99. The largest absolute Gasteiger partial charge is 0.496 e. The number of benzene rings is 3. The number of rotatable bonds is 10. The molecule has 204 valence electrons. The Morgan fingerprint density at radius 1 is 1.03 bits per heavy atom. The van der Waals surface area contributed by atoms with Crippen LogP contribution in [0.25, 0.3) is 0 Å². The minimum atomic E-state index is -0.416. The van der Waals surface area contributed by atoms with Crippen LogP contribution in [-0.2, 0) is 16.0 Å². The summed E-state index contributed by atoms with van der Waals surface area (Å²) in [7, 11) is 1.68. The van der Waals surface area contributed by atoms with E-state index >= 15 is 0 Å². The third-order valence-electron chi connectivity index (χ3n) is 7.06. The summed E-state index contributed by atoms with van der Waals surface area (Å²) in [5, 5.41) is 3.33. The minimum Gasteiger partial charge on any atom is -0.496 e.